The van der Waals surface area contributed by atoms with Gasteiger partial charge in [0.1, 0.15) is 5.75 Å². The average Bonchev–Trinajstić information content (AvgIpc) is 3.27. The second-order valence-corrected chi connectivity index (χ2v) is 17.2. The molecule has 8 aromatic carbocycles. The molecule has 0 fully saturated rings. The maximum Gasteiger partial charge on any atom is 0.197 e. The number of para-hydroxylation sites is 4. The highest BCUT2D eigenvalue weighted by molar-refractivity contribution is 6.12. The molecule has 2 aliphatic rings. The first kappa shape index (κ1) is 37.1. The molecule has 1 N–H and O–H groups in total. The topological polar surface area (TPSA) is 43.8 Å². The summed E-state index contributed by atoms with van der Waals surface area (Å²) in [6, 6.07) is 62.9. The van der Waals surface area contributed by atoms with Gasteiger partial charge < -0.3 is 14.9 Å². The van der Waals surface area contributed by atoms with Gasteiger partial charge in [-0.1, -0.05) is 143 Å². The molecular weight excluding hydrogens is 733 g/mol. The number of anilines is 6. The number of benzene rings is 8. The molecule has 8 aromatic rings. The zero-order valence-corrected chi connectivity index (χ0v) is 34.6. The third-order valence-electron chi connectivity index (χ3n) is 12.9. The normalized spacial score (nSPS) is 14.4. The van der Waals surface area contributed by atoms with Crippen molar-refractivity contribution >= 4 is 39.9 Å². The lowest BCUT2D eigenvalue weighted by atomic mass is 9.73. The first-order valence-electron chi connectivity index (χ1n) is 20.7. The van der Waals surface area contributed by atoms with E-state index in [4.69, 9.17) is 0 Å². The van der Waals surface area contributed by atoms with Crippen LogP contribution in [0.2, 0.25) is 0 Å². The number of hydrogen-bond donors (Lipinski definition) is 1. The van der Waals surface area contributed by atoms with Crippen molar-refractivity contribution in [2.24, 2.45) is 0 Å². The van der Waals surface area contributed by atoms with Gasteiger partial charge in [-0.25, -0.2) is 0 Å². The molecule has 10 rings (SSSR count). The molecule has 0 spiro atoms. The summed E-state index contributed by atoms with van der Waals surface area (Å²) in [4.78, 5) is 19.3. The summed E-state index contributed by atoms with van der Waals surface area (Å²) in [5, 5.41) is 11.3. The minimum atomic E-state index is -0.219. The van der Waals surface area contributed by atoms with Gasteiger partial charge >= 0.3 is 0 Å². The van der Waals surface area contributed by atoms with E-state index in [-0.39, 0.29) is 27.9 Å². The minimum Gasteiger partial charge on any atom is -0.507 e. The number of rotatable bonds is 6. The number of hydrogen-bond acceptors (Lipinski definition) is 4. The Bertz CT molecular complexity index is 2710. The largest absolute Gasteiger partial charge is 0.507 e. The highest BCUT2D eigenvalue weighted by Crippen LogP contribution is 2.53. The fourth-order valence-corrected chi connectivity index (χ4v) is 9.63. The van der Waals surface area contributed by atoms with Crippen LogP contribution in [-0.4, -0.2) is 10.9 Å². The van der Waals surface area contributed by atoms with Crippen LogP contribution in [0.4, 0.5) is 34.1 Å². The minimum absolute atomic E-state index is 0.0434. The van der Waals surface area contributed by atoms with Crippen LogP contribution in [0.3, 0.4) is 0 Å². The Balaban J connectivity index is 1.00. The predicted octanol–water partition coefficient (Wildman–Crippen LogP) is 14.5. The summed E-state index contributed by atoms with van der Waals surface area (Å²) in [5.41, 5.74) is 16.9. The third kappa shape index (κ3) is 5.85. The number of carbonyl (C=O) groups excluding carboxylic acids is 1. The van der Waals surface area contributed by atoms with Crippen LogP contribution >= 0.6 is 0 Å². The Morgan fingerprint density at radius 3 is 1.22 bits per heavy atom. The smallest absolute Gasteiger partial charge is 0.197 e. The molecule has 2 heterocycles. The van der Waals surface area contributed by atoms with Crippen LogP contribution in [0.1, 0.15) is 71.4 Å². The van der Waals surface area contributed by atoms with Crippen LogP contribution in [0, 0.1) is 6.92 Å². The summed E-state index contributed by atoms with van der Waals surface area (Å²) < 4.78 is 0. The summed E-state index contributed by atoms with van der Waals surface area (Å²) >= 11 is 0. The molecular formula is C56H46N2O2. The van der Waals surface area contributed by atoms with E-state index in [1.807, 2.05) is 31.2 Å². The molecule has 0 radical (unpaired) electrons. The number of aromatic hydroxyl groups is 1. The zero-order chi connectivity index (χ0) is 41.3. The van der Waals surface area contributed by atoms with Crippen molar-refractivity contribution in [1.29, 1.82) is 0 Å². The Labute approximate surface area is 352 Å². The fourth-order valence-electron chi connectivity index (χ4n) is 9.63. The van der Waals surface area contributed by atoms with Gasteiger partial charge in [0.25, 0.3) is 0 Å². The van der Waals surface area contributed by atoms with Crippen molar-refractivity contribution in [3.8, 4) is 28.0 Å². The lowest BCUT2D eigenvalue weighted by Gasteiger charge is -2.42. The summed E-state index contributed by atoms with van der Waals surface area (Å²) in [7, 11) is 0. The van der Waals surface area contributed by atoms with Crippen LogP contribution in [0.25, 0.3) is 22.3 Å². The summed E-state index contributed by atoms with van der Waals surface area (Å²) in [6.07, 6.45) is 0. The Kier molecular flexibility index (Phi) is 8.66. The Morgan fingerprint density at radius 1 is 0.417 bits per heavy atom. The van der Waals surface area contributed by atoms with Gasteiger partial charge in [-0.2, -0.15) is 0 Å². The number of nitrogens with zero attached hydrogens (tertiary/aromatic N) is 2. The molecule has 0 aliphatic carbocycles. The van der Waals surface area contributed by atoms with E-state index in [2.05, 4.69) is 189 Å². The lowest BCUT2D eigenvalue weighted by Crippen LogP contribution is -2.30. The maximum absolute atomic E-state index is 14.6. The van der Waals surface area contributed by atoms with Crippen molar-refractivity contribution in [2.45, 2.75) is 45.4 Å². The van der Waals surface area contributed by atoms with E-state index in [0.717, 1.165) is 61.9 Å². The highest BCUT2D eigenvalue weighted by Gasteiger charge is 2.38. The van der Waals surface area contributed by atoms with Gasteiger partial charge in [0.2, 0.25) is 0 Å². The molecule has 0 aromatic heterocycles. The Hall–Kier alpha value is -7.17. The first-order valence-corrected chi connectivity index (χ1v) is 20.7. The summed E-state index contributed by atoms with van der Waals surface area (Å²) in [5.74, 6) is -0.263. The van der Waals surface area contributed by atoms with E-state index in [0.29, 0.717) is 5.56 Å². The number of ketones is 1. The van der Waals surface area contributed by atoms with Crippen LogP contribution in [0.15, 0.2) is 182 Å². The molecule has 0 unspecified atom stereocenters. The van der Waals surface area contributed by atoms with Crippen molar-refractivity contribution in [3.05, 3.63) is 221 Å². The monoisotopic (exact) mass is 778 g/mol. The lowest BCUT2D eigenvalue weighted by molar-refractivity contribution is 0.103. The zero-order valence-electron chi connectivity index (χ0n) is 34.6. The Morgan fingerprint density at radius 2 is 0.783 bits per heavy atom. The van der Waals surface area contributed by atoms with E-state index in [9.17, 15) is 9.90 Å². The van der Waals surface area contributed by atoms with Crippen molar-refractivity contribution < 1.29 is 9.90 Å². The van der Waals surface area contributed by atoms with Gasteiger partial charge in [-0.15, -0.1) is 0 Å². The summed E-state index contributed by atoms with van der Waals surface area (Å²) in [6.45, 7) is 11.1. The predicted molar refractivity (Wildman–Crippen MR) is 247 cm³/mol. The first-order chi connectivity index (χ1) is 29.0. The molecule has 2 aliphatic heterocycles. The van der Waals surface area contributed by atoms with Gasteiger partial charge in [0.15, 0.2) is 5.78 Å². The van der Waals surface area contributed by atoms with Gasteiger partial charge in [0, 0.05) is 27.8 Å². The average molecular weight is 779 g/mol. The fraction of sp³-hybridized carbons (Fsp3) is 0.125. The number of fused-ring (bicyclic) bond motifs is 4. The highest BCUT2D eigenvalue weighted by atomic mass is 16.3. The number of phenols is 1. The molecule has 292 valence electrons. The number of carbonyl (C=O) groups is 1. The standard InChI is InChI=1S/C56H46N2O2/c1-36-28-29-39(37-16-14-18-41(32-37)57-49-24-10-6-20-45(49)55(2,3)46-21-7-11-25-50(46)57)34-43(36)54(60)44-35-40(30-31-53(44)59)38-17-15-19-42(33-38)58-51-26-12-8-22-47(51)56(4,5)48-23-9-13-27-52(48)58/h6-35,59H,1-5H3. The maximum atomic E-state index is 14.6. The molecule has 60 heavy (non-hydrogen) atoms. The second kappa shape index (κ2) is 14.0. The molecule has 0 bridgehead atoms. The van der Waals surface area contributed by atoms with E-state index in [1.54, 1.807) is 6.07 Å². The molecule has 4 nitrogen and oxygen atoms in total. The molecule has 0 atom stereocenters. The van der Waals surface area contributed by atoms with E-state index >= 15 is 0 Å². The van der Waals surface area contributed by atoms with Crippen LogP contribution in [-0.2, 0) is 10.8 Å². The number of aryl methyl sites for hydroxylation is 1. The van der Waals surface area contributed by atoms with Gasteiger partial charge in [-0.3, -0.25) is 4.79 Å². The van der Waals surface area contributed by atoms with E-state index < -0.39 is 0 Å². The van der Waals surface area contributed by atoms with Crippen LogP contribution < -0.4 is 9.80 Å². The quantitative estimate of drug-likeness (QED) is 0.171. The number of phenolic OH excluding ortho intramolecular Hbond substituents is 1. The SMILES string of the molecule is Cc1ccc(-c2cccc(N3c4ccccc4C(C)(C)c4ccccc43)c2)cc1C(=O)c1cc(-c2cccc(N3c4ccccc4C(C)(C)c4ccccc43)c2)ccc1O. The second-order valence-electron chi connectivity index (χ2n) is 17.2. The molecule has 0 amide bonds. The van der Waals surface area contributed by atoms with Crippen molar-refractivity contribution in [1.82, 2.24) is 0 Å². The van der Waals surface area contributed by atoms with Crippen molar-refractivity contribution in [3.63, 3.8) is 0 Å². The van der Waals surface area contributed by atoms with Crippen molar-refractivity contribution in [2.75, 3.05) is 9.80 Å². The van der Waals surface area contributed by atoms with Gasteiger partial charge in [0.05, 0.1) is 28.3 Å². The molecule has 4 heteroatoms. The van der Waals surface area contributed by atoms with Crippen LogP contribution in [0.5, 0.6) is 5.75 Å². The van der Waals surface area contributed by atoms with E-state index in [1.165, 1.54) is 22.3 Å². The third-order valence-corrected chi connectivity index (χ3v) is 12.9. The molecule has 0 saturated carbocycles. The van der Waals surface area contributed by atoms with Gasteiger partial charge in [-0.05, 0) is 124 Å². The molecule has 0 saturated heterocycles.